The van der Waals surface area contributed by atoms with Crippen LogP contribution in [-0.2, 0) is 0 Å². The number of ether oxygens (including phenoxy) is 1. The van der Waals surface area contributed by atoms with Gasteiger partial charge >= 0.3 is 0 Å². The Morgan fingerprint density at radius 2 is 1.90 bits per heavy atom. The van der Waals surface area contributed by atoms with E-state index in [1.165, 1.54) is 0 Å². The minimum atomic E-state index is 0.287. The Bertz CT molecular complexity index is 796. The lowest BCUT2D eigenvalue weighted by atomic mass is 10.1. The van der Waals surface area contributed by atoms with E-state index in [4.69, 9.17) is 20.9 Å². The van der Waals surface area contributed by atoms with Gasteiger partial charge in [-0.25, -0.2) is 4.98 Å². The molecule has 0 aliphatic carbocycles. The molecule has 5 heteroatoms. The number of aromatic nitrogens is 2. The largest absolute Gasteiger partial charge is 0.495 e. The summed E-state index contributed by atoms with van der Waals surface area (Å²) in [5.74, 6) is 1.73. The van der Waals surface area contributed by atoms with Gasteiger partial charge in [-0.05, 0) is 18.2 Å². The second kappa shape index (κ2) is 5.37. The molecule has 0 saturated carbocycles. The summed E-state index contributed by atoms with van der Waals surface area (Å²) in [6.07, 6.45) is 0. The summed E-state index contributed by atoms with van der Waals surface area (Å²) >= 11 is 6.33. The summed E-state index contributed by atoms with van der Waals surface area (Å²) in [4.78, 5) is 4.59. The Kier molecular flexibility index (Phi) is 3.55. The molecule has 108 valence electrons. The lowest BCUT2D eigenvalue weighted by molar-refractivity contribution is 0.373. The molecule has 3 rings (SSSR count). The highest BCUT2D eigenvalue weighted by molar-refractivity contribution is 6.36. The van der Waals surface area contributed by atoms with Gasteiger partial charge in [0.1, 0.15) is 22.2 Å². The van der Waals surface area contributed by atoms with Crippen molar-refractivity contribution >= 4 is 22.5 Å². The molecule has 0 saturated heterocycles. The van der Waals surface area contributed by atoms with Crippen LogP contribution < -0.4 is 4.74 Å². The van der Waals surface area contributed by atoms with E-state index in [9.17, 15) is 0 Å². The van der Waals surface area contributed by atoms with Gasteiger partial charge in [0.05, 0.1) is 18.3 Å². The highest BCUT2D eigenvalue weighted by Crippen LogP contribution is 2.33. The zero-order chi connectivity index (χ0) is 15.0. The number of benzene rings is 1. The molecule has 0 atom stereocenters. The maximum atomic E-state index is 6.33. The zero-order valence-electron chi connectivity index (χ0n) is 12.1. The van der Waals surface area contributed by atoms with Crippen molar-refractivity contribution < 1.29 is 9.26 Å². The number of rotatable bonds is 3. The van der Waals surface area contributed by atoms with E-state index in [0.717, 1.165) is 16.8 Å². The first-order valence-corrected chi connectivity index (χ1v) is 7.08. The standard InChI is InChI=1S/C16H15ClN2O2/c1-9(2)14-8-12(19-21-14)11-6-4-10-5-7-13(20-3)15(17)16(10)18-11/h4-9H,1-3H3. The van der Waals surface area contributed by atoms with Crippen molar-refractivity contribution in [2.75, 3.05) is 7.11 Å². The number of nitrogens with zero attached hydrogens (tertiary/aromatic N) is 2. The minimum absolute atomic E-state index is 0.287. The van der Waals surface area contributed by atoms with Crippen LogP contribution in [0, 0.1) is 0 Å². The SMILES string of the molecule is COc1ccc2ccc(-c3cc(C(C)C)on3)nc2c1Cl. The molecule has 0 amide bonds. The van der Waals surface area contributed by atoms with Crippen molar-refractivity contribution in [1.29, 1.82) is 0 Å². The summed E-state index contributed by atoms with van der Waals surface area (Å²) in [6, 6.07) is 9.55. The van der Waals surface area contributed by atoms with Gasteiger partial charge < -0.3 is 9.26 Å². The molecular formula is C16H15ClN2O2. The number of hydrogen-bond acceptors (Lipinski definition) is 4. The van der Waals surface area contributed by atoms with Crippen LogP contribution in [0.4, 0.5) is 0 Å². The quantitative estimate of drug-likeness (QED) is 0.705. The van der Waals surface area contributed by atoms with Crippen molar-refractivity contribution in [2.24, 2.45) is 0 Å². The molecule has 0 fully saturated rings. The average molecular weight is 303 g/mol. The number of hydrogen-bond donors (Lipinski definition) is 0. The number of fused-ring (bicyclic) bond motifs is 1. The predicted molar refractivity (Wildman–Crippen MR) is 82.9 cm³/mol. The third kappa shape index (κ3) is 2.47. The van der Waals surface area contributed by atoms with Crippen LogP contribution in [0.25, 0.3) is 22.3 Å². The van der Waals surface area contributed by atoms with Crippen molar-refractivity contribution in [1.82, 2.24) is 10.1 Å². The van der Waals surface area contributed by atoms with E-state index in [1.807, 2.05) is 30.3 Å². The van der Waals surface area contributed by atoms with Crippen molar-refractivity contribution in [2.45, 2.75) is 19.8 Å². The highest BCUT2D eigenvalue weighted by Gasteiger charge is 2.13. The molecule has 0 N–H and O–H groups in total. The molecule has 4 nitrogen and oxygen atoms in total. The topological polar surface area (TPSA) is 48.2 Å². The molecular weight excluding hydrogens is 288 g/mol. The second-order valence-corrected chi connectivity index (χ2v) is 5.50. The summed E-state index contributed by atoms with van der Waals surface area (Å²) < 4.78 is 10.5. The summed E-state index contributed by atoms with van der Waals surface area (Å²) in [7, 11) is 1.59. The van der Waals surface area contributed by atoms with Gasteiger partial charge in [0.25, 0.3) is 0 Å². The second-order valence-electron chi connectivity index (χ2n) is 5.12. The van der Waals surface area contributed by atoms with E-state index in [2.05, 4.69) is 24.0 Å². The summed E-state index contributed by atoms with van der Waals surface area (Å²) in [5.41, 5.74) is 2.13. The van der Waals surface area contributed by atoms with Crippen LogP contribution in [0.3, 0.4) is 0 Å². The van der Waals surface area contributed by atoms with Crippen LogP contribution in [0.1, 0.15) is 25.5 Å². The molecule has 0 bridgehead atoms. The zero-order valence-corrected chi connectivity index (χ0v) is 12.8. The average Bonchev–Trinajstić information content (AvgIpc) is 2.97. The third-order valence-corrected chi connectivity index (χ3v) is 3.71. The predicted octanol–water partition coefficient (Wildman–Crippen LogP) is 4.68. The number of pyridine rings is 1. The lowest BCUT2D eigenvalue weighted by Crippen LogP contribution is -1.89. The van der Waals surface area contributed by atoms with Crippen molar-refractivity contribution in [3.05, 3.63) is 41.1 Å². The molecule has 0 unspecified atom stereocenters. The molecule has 2 aromatic heterocycles. The number of halogens is 1. The van der Waals surface area contributed by atoms with Gasteiger partial charge in [0, 0.05) is 17.4 Å². The monoisotopic (exact) mass is 302 g/mol. The minimum Gasteiger partial charge on any atom is -0.495 e. The maximum Gasteiger partial charge on any atom is 0.139 e. The fraction of sp³-hybridized carbons (Fsp3) is 0.250. The van der Waals surface area contributed by atoms with Crippen LogP contribution in [0.5, 0.6) is 5.75 Å². The van der Waals surface area contributed by atoms with Gasteiger partial charge in [-0.2, -0.15) is 0 Å². The van der Waals surface area contributed by atoms with Gasteiger partial charge in [-0.3, -0.25) is 0 Å². The number of methoxy groups -OCH3 is 1. The highest BCUT2D eigenvalue weighted by atomic mass is 35.5. The van der Waals surface area contributed by atoms with Gasteiger partial charge in [0.15, 0.2) is 0 Å². The first kappa shape index (κ1) is 13.9. The van der Waals surface area contributed by atoms with E-state index >= 15 is 0 Å². The van der Waals surface area contributed by atoms with Crippen LogP contribution in [0.15, 0.2) is 34.9 Å². The third-order valence-electron chi connectivity index (χ3n) is 3.34. The van der Waals surface area contributed by atoms with E-state index in [1.54, 1.807) is 7.11 Å². The molecule has 0 spiro atoms. The summed E-state index contributed by atoms with van der Waals surface area (Å²) in [6.45, 7) is 4.11. The Morgan fingerprint density at radius 1 is 1.14 bits per heavy atom. The molecule has 3 aromatic rings. The van der Waals surface area contributed by atoms with Crippen LogP contribution in [-0.4, -0.2) is 17.3 Å². The molecule has 2 heterocycles. The molecule has 21 heavy (non-hydrogen) atoms. The Balaban J connectivity index is 2.13. The molecule has 0 radical (unpaired) electrons. The molecule has 0 aliphatic rings. The molecule has 1 aromatic carbocycles. The Morgan fingerprint density at radius 3 is 2.57 bits per heavy atom. The van der Waals surface area contributed by atoms with Gasteiger partial charge in [-0.15, -0.1) is 0 Å². The fourth-order valence-electron chi connectivity index (χ4n) is 2.12. The fourth-order valence-corrected chi connectivity index (χ4v) is 2.41. The van der Waals surface area contributed by atoms with E-state index in [-0.39, 0.29) is 5.92 Å². The van der Waals surface area contributed by atoms with Crippen molar-refractivity contribution in [3.63, 3.8) is 0 Å². The maximum absolute atomic E-state index is 6.33. The van der Waals surface area contributed by atoms with Crippen LogP contribution >= 0.6 is 11.6 Å². The van der Waals surface area contributed by atoms with Crippen molar-refractivity contribution in [3.8, 4) is 17.1 Å². The van der Waals surface area contributed by atoms with Crippen LogP contribution in [0.2, 0.25) is 5.02 Å². The van der Waals surface area contributed by atoms with Gasteiger partial charge in [-0.1, -0.05) is 36.7 Å². The van der Waals surface area contributed by atoms with Gasteiger partial charge in [0.2, 0.25) is 0 Å². The first-order valence-electron chi connectivity index (χ1n) is 6.70. The van der Waals surface area contributed by atoms with E-state index < -0.39 is 0 Å². The Labute approximate surface area is 127 Å². The lowest BCUT2D eigenvalue weighted by Gasteiger charge is -2.06. The normalized spacial score (nSPS) is 11.3. The first-order chi connectivity index (χ1) is 10.1. The Hall–Kier alpha value is -2.07. The smallest absolute Gasteiger partial charge is 0.139 e. The van der Waals surface area contributed by atoms with E-state index in [0.29, 0.717) is 22.0 Å². The summed E-state index contributed by atoms with van der Waals surface area (Å²) in [5, 5.41) is 5.53. The molecule has 0 aliphatic heterocycles.